The molecule has 3 nitrogen and oxygen atoms in total. The fourth-order valence-corrected chi connectivity index (χ4v) is 2.80. The summed E-state index contributed by atoms with van der Waals surface area (Å²) in [5, 5.41) is 3.49. The second-order valence-electron chi connectivity index (χ2n) is 5.92. The van der Waals surface area contributed by atoms with Crippen molar-refractivity contribution in [3.8, 4) is 0 Å². The van der Waals surface area contributed by atoms with Gasteiger partial charge in [0.05, 0.1) is 11.9 Å². The highest BCUT2D eigenvalue weighted by molar-refractivity contribution is 5.52. The van der Waals surface area contributed by atoms with E-state index in [-0.39, 0.29) is 0 Å². The predicted octanol–water partition coefficient (Wildman–Crippen LogP) is 3.06. The molecular formula is C16H27N3. The zero-order valence-corrected chi connectivity index (χ0v) is 12.5. The second-order valence-corrected chi connectivity index (χ2v) is 5.92. The van der Waals surface area contributed by atoms with Crippen LogP contribution in [-0.2, 0) is 6.54 Å². The Labute approximate surface area is 117 Å². The van der Waals surface area contributed by atoms with Crippen LogP contribution in [0.5, 0.6) is 0 Å². The maximum Gasteiger partial charge on any atom is 0.0598 e. The van der Waals surface area contributed by atoms with Gasteiger partial charge in [0, 0.05) is 25.8 Å². The van der Waals surface area contributed by atoms with Gasteiger partial charge in [-0.3, -0.25) is 4.98 Å². The summed E-state index contributed by atoms with van der Waals surface area (Å²) in [5.74, 6) is 1.61. The molecule has 0 radical (unpaired) electrons. The molecule has 1 aliphatic rings. The quantitative estimate of drug-likeness (QED) is 0.798. The molecule has 0 bridgehead atoms. The molecule has 1 unspecified atom stereocenters. The van der Waals surface area contributed by atoms with Gasteiger partial charge in [-0.05, 0) is 42.9 Å². The number of nitrogens with one attached hydrogen (secondary N) is 1. The first-order valence-electron chi connectivity index (χ1n) is 7.61. The summed E-state index contributed by atoms with van der Waals surface area (Å²) >= 11 is 0. The lowest BCUT2D eigenvalue weighted by Gasteiger charge is -2.22. The second kappa shape index (κ2) is 6.90. The Morgan fingerprint density at radius 1 is 1.47 bits per heavy atom. The van der Waals surface area contributed by atoms with Crippen LogP contribution >= 0.6 is 0 Å². The van der Waals surface area contributed by atoms with Gasteiger partial charge in [-0.25, -0.2) is 0 Å². The van der Waals surface area contributed by atoms with Crippen LogP contribution in [0.1, 0.15) is 39.2 Å². The minimum Gasteiger partial charge on any atom is -0.370 e. The first kappa shape index (κ1) is 14.3. The van der Waals surface area contributed by atoms with Crippen LogP contribution in [-0.4, -0.2) is 24.6 Å². The van der Waals surface area contributed by atoms with Crippen LogP contribution in [0, 0.1) is 11.8 Å². The molecule has 0 aliphatic carbocycles. The first-order valence-corrected chi connectivity index (χ1v) is 7.61. The average Bonchev–Trinajstić information content (AvgIpc) is 2.89. The van der Waals surface area contributed by atoms with Crippen molar-refractivity contribution in [1.29, 1.82) is 0 Å². The number of hydrogen-bond acceptors (Lipinski definition) is 3. The van der Waals surface area contributed by atoms with E-state index in [4.69, 9.17) is 0 Å². The SMILES string of the molecule is CCCNCc1ccncc1N1CCC(C(C)C)C1. The summed E-state index contributed by atoms with van der Waals surface area (Å²) < 4.78 is 0. The lowest BCUT2D eigenvalue weighted by molar-refractivity contribution is 0.422. The van der Waals surface area contributed by atoms with Crippen molar-refractivity contribution in [3.05, 3.63) is 24.0 Å². The van der Waals surface area contributed by atoms with Crippen LogP contribution in [0.15, 0.2) is 18.5 Å². The molecule has 1 aromatic heterocycles. The number of pyridine rings is 1. The lowest BCUT2D eigenvalue weighted by Crippen LogP contribution is -2.24. The van der Waals surface area contributed by atoms with E-state index >= 15 is 0 Å². The van der Waals surface area contributed by atoms with E-state index in [1.807, 2.05) is 12.4 Å². The molecule has 1 aliphatic heterocycles. The molecule has 2 rings (SSSR count). The highest BCUT2D eigenvalue weighted by Gasteiger charge is 2.26. The fourth-order valence-electron chi connectivity index (χ4n) is 2.80. The highest BCUT2D eigenvalue weighted by Crippen LogP contribution is 2.29. The molecule has 0 amide bonds. The summed E-state index contributed by atoms with van der Waals surface area (Å²) in [6, 6.07) is 2.15. The van der Waals surface area contributed by atoms with Crippen molar-refractivity contribution in [2.45, 2.75) is 40.2 Å². The number of aromatic nitrogens is 1. The zero-order valence-electron chi connectivity index (χ0n) is 12.5. The number of nitrogens with zero attached hydrogens (tertiary/aromatic N) is 2. The summed E-state index contributed by atoms with van der Waals surface area (Å²) in [5.41, 5.74) is 2.71. The Balaban J connectivity index is 2.03. The molecule has 0 saturated carbocycles. The molecule has 106 valence electrons. The third-order valence-corrected chi connectivity index (χ3v) is 4.14. The van der Waals surface area contributed by atoms with E-state index in [0.29, 0.717) is 0 Å². The van der Waals surface area contributed by atoms with Gasteiger partial charge >= 0.3 is 0 Å². The molecule has 1 saturated heterocycles. The van der Waals surface area contributed by atoms with Gasteiger partial charge in [0.25, 0.3) is 0 Å². The molecule has 3 heteroatoms. The van der Waals surface area contributed by atoms with E-state index in [9.17, 15) is 0 Å². The van der Waals surface area contributed by atoms with Gasteiger partial charge in [0.1, 0.15) is 0 Å². The molecule has 2 heterocycles. The number of anilines is 1. The molecule has 0 aromatic carbocycles. The van der Waals surface area contributed by atoms with Crippen LogP contribution in [0.25, 0.3) is 0 Å². The van der Waals surface area contributed by atoms with Crippen molar-refractivity contribution in [2.24, 2.45) is 11.8 Å². The third-order valence-electron chi connectivity index (χ3n) is 4.14. The highest BCUT2D eigenvalue weighted by atomic mass is 15.2. The molecule has 19 heavy (non-hydrogen) atoms. The summed E-state index contributed by atoms with van der Waals surface area (Å²) in [4.78, 5) is 6.83. The van der Waals surface area contributed by atoms with Crippen molar-refractivity contribution < 1.29 is 0 Å². The van der Waals surface area contributed by atoms with Gasteiger partial charge < -0.3 is 10.2 Å². The summed E-state index contributed by atoms with van der Waals surface area (Å²) in [6.45, 7) is 11.3. The van der Waals surface area contributed by atoms with Gasteiger partial charge in [0.15, 0.2) is 0 Å². The van der Waals surface area contributed by atoms with Gasteiger partial charge in [0.2, 0.25) is 0 Å². The Hall–Kier alpha value is -1.09. The molecular weight excluding hydrogens is 234 g/mol. The molecule has 1 fully saturated rings. The van der Waals surface area contributed by atoms with E-state index in [2.05, 4.69) is 42.0 Å². The first-order chi connectivity index (χ1) is 9.22. The summed E-state index contributed by atoms with van der Waals surface area (Å²) in [6.07, 6.45) is 6.43. The Morgan fingerprint density at radius 3 is 3.00 bits per heavy atom. The van der Waals surface area contributed by atoms with Crippen molar-refractivity contribution >= 4 is 5.69 Å². The normalized spacial score (nSPS) is 19.4. The lowest BCUT2D eigenvalue weighted by atomic mass is 9.95. The zero-order chi connectivity index (χ0) is 13.7. The van der Waals surface area contributed by atoms with Gasteiger partial charge in [-0.15, -0.1) is 0 Å². The molecule has 1 atom stereocenters. The molecule has 1 aromatic rings. The van der Waals surface area contributed by atoms with E-state index in [1.165, 1.54) is 37.2 Å². The molecule has 0 spiro atoms. The van der Waals surface area contributed by atoms with Crippen LogP contribution in [0.4, 0.5) is 5.69 Å². The Morgan fingerprint density at radius 2 is 2.32 bits per heavy atom. The van der Waals surface area contributed by atoms with E-state index in [1.54, 1.807) is 0 Å². The van der Waals surface area contributed by atoms with E-state index in [0.717, 1.165) is 24.9 Å². The maximum atomic E-state index is 4.32. The maximum absolute atomic E-state index is 4.32. The van der Waals surface area contributed by atoms with Gasteiger partial charge in [-0.1, -0.05) is 20.8 Å². The van der Waals surface area contributed by atoms with E-state index < -0.39 is 0 Å². The average molecular weight is 261 g/mol. The van der Waals surface area contributed by atoms with Crippen molar-refractivity contribution in [2.75, 3.05) is 24.5 Å². The monoisotopic (exact) mass is 261 g/mol. The largest absolute Gasteiger partial charge is 0.370 e. The minimum absolute atomic E-state index is 0.781. The molecule has 1 N–H and O–H groups in total. The topological polar surface area (TPSA) is 28.2 Å². The van der Waals surface area contributed by atoms with Crippen LogP contribution in [0.3, 0.4) is 0 Å². The Kier molecular flexibility index (Phi) is 5.20. The summed E-state index contributed by atoms with van der Waals surface area (Å²) in [7, 11) is 0. The minimum atomic E-state index is 0.781. The number of rotatable bonds is 6. The Bertz CT molecular complexity index is 389. The van der Waals surface area contributed by atoms with Crippen LogP contribution in [0.2, 0.25) is 0 Å². The van der Waals surface area contributed by atoms with Crippen molar-refractivity contribution in [1.82, 2.24) is 10.3 Å². The third kappa shape index (κ3) is 3.69. The van der Waals surface area contributed by atoms with Gasteiger partial charge in [-0.2, -0.15) is 0 Å². The number of hydrogen-bond donors (Lipinski definition) is 1. The van der Waals surface area contributed by atoms with Crippen LogP contribution < -0.4 is 10.2 Å². The predicted molar refractivity (Wildman–Crippen MR) is 81.4 cm³/mol. The fraction of sp³-hybridized carbons (Fsp3) is 0.688. The standard InChI is InChI=1S/C16H27N3/c1-4-7-17-10-14-5-8-18-11-16(14)19-9-6-15(12-19)13(2)3/h5,8,11,13,15,17H,4,6-7,9-10,12H2,1-3H3. The smallest absolute Gasteiger partial charge is 0.0598 e. The van der Waals surface area contributed by atoms with Crippen molar-refractivity contribution in [3.63, 3.8) is 0 Å².